The molecule has 0 spiro atoms. The zero-order chi connectivity index (χ0) is 14.2. The highest BCUT2D eigenvalue weighted by molar-refractivity contribution is 6.17. The summed E-state index contributed by atoms with van der Waals surface area (Å²) in [5.41, 5.74) is 2.28. The maximum absolute atomic E-state index is 5.73. The van der Waals surface area contributed by atoms with Crippen LogP contribution in [0.5, 0.6) is 5.75 Å². The van der Waals surface area contributed by atoms with Crippen molar-refractivity contribution in [2.75, 3.05) is 17.8 Å². The Morgan fingerprint density at radius 3 is 2.95 bits per heavy atom. The molecule has 1 N–H and O–H groups in total. The molecule has 0 radical (unpaired) electrons. The Kier molecular flexibility index (Phi) is 5.69. The monoisotopic (exact) mass is 290 g/mol. The van der Waals surface area contributed by atoms with Crippen LogP contribution in [0.25, 0.3) is 0 Å². The van der Waals surface area contributed by atoms with Gasteiger partial charge in [0.25, 0.3) is 0 Å². The van der Waals surface area contributed by atoms with E-state index in [9.17, 15) is 0 Å². The van der Waals surface area contributed by atoms with Gasteiger partial charge in [0.1, 0.15) is 0 Å². The van der Waals surface area contributed by atoms with Crippen molar-refractivity contribution in [3.05, 3.63) is 48.2 Å². The van der Waals surface area contributed by atoms with Gasteiger partial charge in [0, 0.05) is 17.8 Å². The molecule has 0 fully saturated rings. The van der Waals surface area contributed by atoms with Gasteiger partial charge in [0.2, 0.25) is 0 Å². The molecule has 0 aliphatic rings. The van der Waals surface area contributed by atoms with Gasteiger partial charge in [-0.05, 0) is 49.6 Å². The number of pyridine rings is 1. The fourth-order valence-corrected chi connectivity index (χ4v) is 2.10. The Bertz CT molecular complexity index is 546. The molecule has 1 aromatic heterocycles. The van der Waals surface area contributed by atoms with Gasteiger partial charge in [-0.25, -0.2) is 4.98 Å². The fourth-order valence-electron chi connectivity index (χ4n) is 1.97. The Hall–Kier alpha value is -1.74. The molecule has 0 saturated carbocycles. The van der Waals surface area contributed by atoms with Crippen LogP contribution in [0.1, 0.15) is 18.9 Å². The number of aromatic nitrogens is 1. The van der Waals surface area contributed by atoms with E-state index in [-0.39, 0.29) is 0 Å². The molecule has 1 aromatic carbocycles. The molecule has 4 heteroatoms. The number of nitrogens with zero attached hydrogens (tertiary/aromatic N) is 1. The van der Waals surface area contributed by atoms with Crippen molar-refractivity contribution in [1.29, 1.82) is 0 Å². The lowest BCUT2D eigenvalue weighted by Crippen LogP contribution is -2.00. The van der Waals surface area contributed by atoms with Crippen LogP contribution in [0.3, 0.4) is 0 Å². The van der Waals surface area contributed by atoms with Crippen molar-refractivity contribution >= 4 is 23.1 Å². The first kappa shape index (κ1) is 14.7. The largest absolute Gasteiger partial charge is 0.490 e. The summed E-state index contributed by atoms with van der Waals surface area (Å²) in [6, 6.07) is 12.1. The van der Waals surface area contributed by atoms with Crippen LogP contribution in [0.15, 0.2) is 42.6 Å². The van der Waals surface area contributed by atoms with Crippen LogP contribution >= 0.6 is 11.6 Å². The van der Waals surface area contributed by atoms with Crippen molar-refractivity contribution in [3.63, 3.8) is 0 Å². The predicted molar refractivity (Wildman–Crippen MR) is 84.2 cm³/mol. The van der Waals surface area contributed by atoms with Crippen LogP contribution in [0.4, 0.5) is 11.5 Å². The van der Waals surface area contributed by atoms with Gasteiger partial charge in [0.05, 0.1) is 6.61 Å². The van der Waals surface area contributed by atoms with Crippen LogP contribution in [0, 0.1) is 0 Å². The molecule has 2 rings (SSSR count). The van der Waals surface area contributed by atoms with Gasteiger partial charge in [-0.3, -0.25) is 0 Å². The van der Waals surface area contributed by atoms with E-state index in [4.69, 9.17) is 16.3 Å². The van der Waals surface area contributed by atoms with Crippen molar-refractivity contribution in [1.82, 2.24) is 4.98 Å². The Balaban J connectivity index is 2.13. The summed E-state index contributed by atoms with van der Waals surface area (Å²) in [7, 11) is 0. The topological polar surface area (TPSA) is 34.1 Å². The number of halogens is 1. The minimum absolute atomic E-state index is 0.621. The van der Waals surface area contributed by atoms with E-state index in [1.807, 2.05) is 31.2 Å². The maximum Gasteiger partial charge on any atom is 0.173 e. The fraction of sp³-hybridized carbons (Fsp3) is 0.312. The lowest BCUT2D eigenvalue weighted by Gasteiger charge is -2.11. The minimum atomic E-state index is 0.621. The zero-order valence-electron chi connectivity index (χ0n) is 11.6. The average Bonchev–Trinajstić information content (AvgIpc) is 2.48. The molecule has 0 bridgehead atoms. The molecule has 1 heterocycles. The molecule has 0 atom stereocenters. The summed E-state index contributed by atoms with van der Waals surface area (Å²) in [4.78, 5) is 4.33. The molecule has 0 aliphatic carbocycles. The number of alkyl halides is 1. The normalized spacial score (nSPS) is 10.3. The van der Waals surface area contributed by atoms with Gasteiger partial charge >= 0.3 is 0 Å². The van der Waals surface area contributed by atoms with Gasteiger partial charge in [-0.2, -0.15) is 0 Å². The SMILES string of the molecule is CCOc1cccnc1Nc1cccc(CCCCl)c1. The number of rotatable bonds is 7. The molecule has 0 amide bonds. The van der Waals surface area contributed by atoms with Crippen molar-refractivity contribution in [3.8, 4) is 5.75 Å². The van der Waals surface area contributed by atoms with E-state index in [0.29, 0.717) is 12.5 Å². The Labute approximate surface area is 124 Å². The van der Waals surface area contributed by atoms with E-state index in [1.165, 1.54) is 5.56 Å². The Morgan fingerprint density at radius 2 is 2.15 bits per heavy atom. The third kappa shape index (κ3) is 4.14. The molecule has 20 heavy (non-hydrogen) atoms. The molecule has 106 valence electrons. The van der Waals surface area contributed by atoms with Gasteiger partial charge < -0.3 is 10.1 Å². The van der Waals surface area contributed by atoms with Crippen molar-refractivity contribution in [2.45, 2.75) is 19.8 Å². The molecule has 3 nitrogen and oxygen atoms in total. The summed E-state index contributed by atoms with van der Waals surface area (Å²) in [5.74, 6) is 2.19. The highest BCUT2D eigenvalue weighted by Crippen LogP contribution is 2.25. The molecule has 2 aromatic rings. The van der Waals surface area contributed by atoms with E-state index in [2.05, 4.69) is 22.4 Å². The highest BCUT2D eigenvalue weighted by atomic mass is 35.5. The second-order valence-corrected chi connectivity index (χ2v) is 4.78. The number of ether oxygens (including phenoxy) is 1. The third-order valence-corrected chi connectivity index (χ3v) is 3.13. The highest BCUT2D eigenvalue weighted by Gasteiger charge is 2.04. The standard InChI is InChI=1S/C16H19ClN2O/c1-2-20-15-9-5-11-18-16(15)19-14-8-3-6-13(12-14)7-4-10-17/h3,5-6,8-9,11-12H,2,4,7,10H2,1H3,(H,18,19). The second kappa shape index (κ2) is 7.75. The number of aryl methyl sites for hydroxylation is 1. The van der Waals surface area contributed by atoms with Crippen LogP contribution in [-0.4, -0.2) is 17.5 Å². The van der Waals surface area contributed by atoms with Crippen molar-refractivity contribution < 1.29 is 4.74 Å². The predicted octanol–water partition coefficient (Wildman–Crippen LogP) is 4.40. The number of nitrogens with one attached hydrogen (secondary N) is 1. The first-order valence-corrected chi connectivity index (χ1v) is 7.36. The number of hydrogen-bond donors (Lipinski definition) is 1. The van der Waals surface area contributed by atoms with E-state index in [1.54, 1.807) is 6.20 Å². The first-order valence-electron chi connectivity index (χ1n) is 6.83. The summed E-state index contributed by atoms with van der Waals surface area (Å²) < 4.78 is 5.56. The average molecular weight is 291 g/mol. The van der Waals surface area contributed by atoms with E-state index in [0.717, 1.165) is 30.1 Å². The van der Waals surface area contributed by atoms with Crippen LogP contribution in [-0.2, 0) is 6.42 Å². The van der Waals surface area contributed by atoms with Gasteiger partial charge in [0.15, 0.2) is 11.6 Å². The number of hydrogen-bond acceptors (Lipinski definition) is 3. The molecule has 0 saturated heterocycles. The maximum atomic E-state index is 5.73. The summed E-state index contributed by atoms with van der Waals surface area (Å²) in [6.45, 7) is 2.58. The van der Waals surface area contributed by atoms with Crippen LogP contribution in [0.2, 0.25) is 0 Å². The quantitative estimate of drug-likeness (QED) is 0.768. The minimum Gasteiger partial charge on any atom is -0.490 e. The third-order valence-electron chi connectivity index (χ3n) is 2.86. The first-order chi connectivity index (χ1) is 9.83. The zero-order valence-corrected chi connectivity index (χ0v) is 12.4. The summed E-state index contributed by atoms with van der Waals surface area (Å²) in [6.07, 6.45) is 3.72. The van der Waals surface area contributed by atoms with Gasteiger partial charge in [-0.1, -0.05) is 12.1 Å². The number of benzene rings is 1. The molecular formula is C16H19ClN2O. The molecule has 0 unspecified atom stereocenters. The van der Waals surface area contributed by atoms with Crippen LogP contribution < -0.4 is 10.1 Å². The lowest BCUT2D eigenvalue weighted by atomic mass is 10.1. The smallest absolute Gasteiger partial charge is 0.173 e. The van der Waals surface area contributed by atoms with E-state index < -0.39 is 0 Å². The second-order valence-electron chi connectivity index (χ2n) is 4.40. The van der Waals surface area contributed by atoms with E-state index >= 15 is 0 Å². The Morgan fingerprint density at radius 1 is 1.25 bits per heavy atom. The summed E-state index contributed by atoms with van der Waals surface area (Å²) >= 11 is 5.73. The molecule has 0 aliphatic heterocycles. The summed E-state index contributed by atoms with van der Waals surface area (Å²) in [5, 5.41) is 3.31. The van der Waals surface area contributed by atoms with Gasteiger partial charge in [-0.15, -0.1) is 11.6 Å². The molecular weight excluding hydrogens is 272 g/mol. The van der Waals surface area contributed by atoms with Crippen molar-refractivity contribution in [2.24, 2.45) is 0 Å². The lowest BCUT2D eigenvalue weighted by molar-refractivity contribution is 0.341. The number of anilines is 2.